The fourth-order valence-corrected chi connectivity index (χ4v) is 1.65. The Labute approximate surface area is 99.3 Å². The minimum absolute atomic E-state index is 0.348. The monoisotopic (exact) mass is 230 g/mol. The lowest BCUT2D eigenvalue weighted by molar-refractivity contribution is 0.272. The number of benzene rings is 1. The largest absolute Gasteiger partial charge is 0.501 e. The first-order chi connectivity index (χ1) is 8.20. The van der Waals surface area contributed by atoms with Gasteiger partial charge in [0.2, 0.25) is 0 Å². The lowest BCUT2D eigenvalue weighted by Gasteiger charge is -2.02. The van der Waals surface area contributed by atoms with Crippen LogP contribution in [-0.4, -0.2) is 6.61 Å². The zero-order valence-electron chi connectivity index (χ0n) is 9.90. The first kappa shape index (κ1) is 11.5. The number of hydrogen-bond acceptors (Lipinski definition) is 3. The Kier molecular flexibility index (Phi) is 3.28. The van der Waals surface area contributed by atoms with Crippen LogP contribution in [0.2, 0.25) is 0 Å². The van der Waals surface area contributed by atoms with Crippen molar-refractivity contribution in [2.24, 2.45) is 0 Å². The number of rotatable bonds is 3. The molecule has 0 amide bonds. The molecule has 0 aliphatic rings. The summed E-state index contributed by atoms with van der Waals surface area (Å²) in [6.07, 6.45) is 3.37. The first-order valence-electron chi connectivity index (χ1n) is 5.53. The van der Waals surface area contributed by atoms with Crippen molar-refractivity contribution in [1.29, 1.82) is 0 Å². The Bertz CT molecular complexity index is 608. The van der Waals surface area contributed by atoms with Gasteiger partial charge in [-0.3, -0.25) is 0 Å². The van der Waals surface area contributed by atoms with Gasteiger partial charge in [0.15, 0.2) is 0 Å². The standard InChI is InChI=1S/C14H14O3/c1-3-16-7-6-11-9-14(15)17-13-8-10(2)4-5-12(11)13/h4-9H,3H2,1-2H3. The maximum Gasteiger partial charge on any atom is 0.336 e. The van der Waals surface area contributed by atoms with E-state index < -0.39 is 0 Å². The van der Waals surface area contributed by atoms with Crippen LogP contribution in [0.25, 0.3) is 17.0 Å². The average molecular weight is 230 g/mol. The van der Waals surface area contributed by atoms with Crippen LogP contribution in [0.5, 0.6) is 0 Å². The number of ether oxygens (including phenoxy) is 1. The molecule has 0 saturated carbocycles. The van der Waals surface area contributed by atoms with Crippen molar-refractivity contribution >= 4 is 17.0 Å². The highest BCUT2D eigenvalue weighted by atomic mass is 16.5. The zero-order chi connectivity index (χ0) is 12.3. The second kappa shape index (κ2) is 4.87. The van der Waals surface area contributed by atoms with Gasteiger partial charge in [-0.05, 0) is 37.1 Å². The Morgan fingerprint density at radius 1 is 1.35 bits per heavy atom. The molecule has 88 valence electrons. The molecular weight excluding hydrogens is 216 g/mol. The summed E-state index contributed by atoms with van der Waals surface area (Å²) in [6.45, 7) is 4.47. The molecule has 3 nitrogen and oxygen atoms in total. The highest BCUT2D eigenvalue weighted by Crippen LogP contribution is 2.19. The molecule has 0 saturated heterocycles. The van der Waals surface area contributed by atoms with E-state index in [9.17, 15) is 4.79 Å². The zero-order valence-corrected chi connectivity index (χ0v) is 9.90. The molecule has 1 aromatic heterocycles. The Morgan fingerprint density at radius 3 is 2.94 bits per heavy atom. The molecule has 2 rings (SSSR count). The van der Waals surface area contributed by atoms with Gasteiger partial charge in [-0.25, -0.2) is 4.79 Å². The van der Waals surface area contributed by atoms with E-state index in [2.05, 4.69) is 0 Å². The van der Waals surface area contributed by atoms with Crippen LogP contribution >= 0.6 is 0 Å². The summed E-state index contributed by atoms with van der Waals surface area (Å²) in [5, 5.41) is 0.908. The van der Waals surface area contributed by atoms with Crippen molar-refractivity contribution in [2.75, 3.05) is 6.61 Å². The molecule has 0 fully saturated rings. The van der Waals surface area contributed by atoms with Crippen LogP contribution in [-0.2, 0) is 4.74 Å². The Morgan fingerprint density at radius 2 is 2.18 bits per heavy atom. The Hall–Kier alpha value is -2.03. The van der Waals surface area contributed by atoms with Crippen molar-refractivity contribution in [3.63, 3.8) is 0 Å². The van der Waals surface area contributed by atoms with Gasteiger partial charge < -0.3 is 9.15 Å². The van der Waals surface area contributed by atoms with E-state index in [-0.39, 0.29) is 5.63 Å². The van der Waals surface area contributed by atoms with Crippen molar-refractivity contribution in [3.05, 3.63) is 52.1 Å². The van der Waals surface area contributed by atoms with Gasteiger partial charge in [-0.15, -0.1) is 0 Å². The van der Waals surface area contributed by atoms with E-state index in [0.29, 0.717) is 12.2 Å². The van der Waals surface area contributed by atoms with Crippen LogP contribution in [0.1, 0.15) is 18.1 Å². The van der Waals surface area contributed by atoms with E-state index in [1.165, 1.54) is 6.07 Å². The van der Waals surface area contributed by atoms with Crippen molar-refractivity contribution in [3.8, 4) is 0 Å². The molecule has 1 heterocycles. The summed E-state index contributed by atoms with van der Waals surface area (Å²) in [5.41, 5.74) is 2.13. The van der Waals surface area contributed by atoms with Gasteiger partial charge in [-0.1, -0.05) is 12.1 Å². The highest BCUT2D eigenvalue weighted by molar-refractivity contribution is 5.86. The topological polar surface area (TPSA) is 39.4 Å². The molecule has 0 radical (unpaired) electrons. The van der Waals surface area contributed by atoms with E-state index in [0.717, 1.165) is 16.5 Å². The summed E-state index contributed by atoms with van der Waals surface area (Å²) >= 11 is 0. The molecule has 0 unspecified atom stereocenters. The molecule has 0 aliphatic heterocycles. The highest BCUT2D eigenvalue weighted by Gasteiger charge is 2.03. The van der Waals surface area contributed by atoms with E-state index in [4.69, 9.17) is 9.15 Å². The lowest BCUT2D eigenvalue weighted by Crippen LogP contribution is -1.98. The van der Waals surface area contributed by atoms with E-state index in [1.54, 1.807) is 12.3 Å². The predicted octanol–water partition coefficient (Wildman–Crippen LogP) is 3.11. The number of fused-ring (bicyclic) bond motifs is 1. The van der Waals surface area contributed by atoms with E-state index >= 15 is 0 Å². The van der Waals surface area contributed by atoms with Crippen LogP contribution in [0.4, 0.5) is 0 Å². The third-order valence-electron chi connectivity index (χ3n) is 2.44. The summed E-state index contributed by atoms with van der Waals surface area (Å²) in [6, 6.07) is 7.25. The van der Waals surface area contributed by atoms with Crippen molar-refractivity contribution in [2.45, 2.75) is 13.8 Å². The van der Waals surface area contributed by atoms with Gasteiger partial charge in [0, 0.05) is 11.5 Å². The summed E-state index contributed by atoms with van der Waals surface area (Å²) in [7, 11) is 0. The Balaban J connectivity index is 2.58. The fraction of sp³-hybridized carbons (Fsp3) is 0.214. The molecule has 0 aliphatic carbocycles. The number of hydrogen-bond donors (Lipinski definition) is 0. The minimum Gasteiger partial charge on any atom is -0.501 e. The molecule has 17 heavy (non-hydrogen) atoms. The van der Waals surface area contributed by atoms with Crippen LogP contribution < -0.4 is 5.63 Å². The van der Waals surface area contributed by atoms with Gasteiger partial charge in [0.05, 0.1) is 12.9 Å². The molecule has 0 spiro atoms. The van der Waals surface area contributed by atoms with Crippen molar-refractivity contribution in [1.82, 2.24) is 0 Å². The normalized spacial score (nSPS) is 11.2. The molecule has 3 heteroatoms. The molecule has 0 bridgehead atoms. The van der Waals surface area contributed by atoms with Gasteiger partial charge in [0.1, 0.15) is 5.58 Å². The second-order valence-electron chi connectivity index (χ2n) is 3.78. The molecule has 0 N–H and O–H groups in total. The summed E-state index contributed by atoms with van der Waals surface area (Å²) in [5.74, 6) is 0. The van der Waals surface area contributed by atoms with Crippen LogP contribution in [0, 0.1) is 6.92 Å². The third kappa shape index (κ3) is 2.56. The molecule has 2 aromatic rings. The van der Waals surface area contributed by atoms with Crippen LogP contribution in [0.15, 0.2) is 39.7 Å². The van der Waals surface area contributed by atoms with E-state index in [1.807, 2.05) is 32.0 Å². The van der Waals surface area contributed by atoms with Crippen molar-refractivity contribution < 1.29 is 9.15 Å². The predicted molar refractivity (Wildman–Crippen MR) is 67.9 cm³/mol. The minimum atomic E-state index is -0.348. The third-order valence-corrected chi connectivity index (χ3v) is 2.44. The maximum atomic E-state index is 11.4. The smallest absolute Gasteiger partial charge is 0.336 e. The van der Waals surface area contributed by atoms with Crippen LogP contribution in [0.3, 0.4) is 0 Å². The summed E-state index contributed by atoms with van der Waals surface area (Å²) in [4.78, 5) is 11.4. The molecule has 1 aromatic carbocycles. The maximum absolute atomic E-state index is 11.4. The number of aryl methyl sites for hydroxylation is 1. The quantitative estimate of drug-likeness (QED) is 0.600. The summed E-state index contributed by atoms with van der Waals surface area (Å²) < 4.78 is 10.3. The fourth-order valence-electron chi connectivity index (χ4n) is 1.65. The van der Waals surface area contributed by atoms with Gasteiger partial charge in [0.25, 0.3) is 0 Å². The average Bonchev–Trinajstić information content (AvgIpc) is 2.28. The van der Waals surface area contributed by atoms with Gasteiger partial charge >= 0.3 is 5.63 Å². The molecular formula is C14H14O3. The second-order valence-corrected chi connectivity index (χ2v) is 3.78. The van der Waals surface area contributed by atoms with Gasteiger partial charge in [-0.2, -0.15) is 0 Å². The molecule has 0 atom stereocenters. The lowest BCUT2D eigenvalue weighted by atomic mass is 10.1. The SMILES string of the molecule is CCOC=Cc1cc(=O)oc2cc(C)ccc12. The first-order valence-corrected chi connectivity index (χ1v) is 5.53.